The predicted molar refractivity (Wildman–Crippen MR) is 123 cm³/mol. The van der Waals surface area contributed by atoms with Crippen molar-refractivity contribution < 1.29 is 22.4 Å². The van der Waals surface area contributed by atoms with Gasteiger partial charge in [-0.15, -0.1) is 0 Å². The van der Waals surface area contributed by atoms with E-state index in [2.05, 4.69) is 5.32 Å². The van der Waals surface area contributed by atoms with Crippen LogP contribution in [0.3, 0.4) is 0 Å². The average molecular weight is 484 g/mol. The minimum atomic E-state index is -3.91. The molecule has 0 aliphatic rings. The van der Waals surface area contributed by atoms with Crippen molar-refractivity contribution in [3.05, 3.63) is 64.9 Å². The van der Waals surface area contributed by atoms with Crippen molar-refractivity contribution in [3.63, 3.8) is 0 Å². The van der Waals surface area contributed by atoms with E-state index in [1.165, 1.54) is 23.1 Å². The maximum atomic E-state index is 13.7. The second-order valence-electron chi connectivity index (χ2n) is 7.33. The Morgan fingerprint density at radius 3 is 2.44 bits per heavy atom. The van der Waals surface area contributed by atoms with E-state index in [0.717, 1.165) is 23.0 Å². The predicted octanol–water partition coefficient (Wildman–Crippen LogP) is 3.19. The highest BCUT2D eigenvalue weighted by atomic mass is 35.5. The first-order chi connectivity index (χ1) is 15.0. The Balaban J connectivity index is 2.38. The summed E-state index contributed by atoms with van der Waals surface area (Å²) in [5.41, 5.74) is 0.621. The molecule has 0 bridgehead atoms. The molecule has 32 heavy (non-hydrogen) atoms. The summed E-state index contributed by atoms with van der Waals surface area (Å²) in [6, 6.07) is 10.9. The second-order valence-corrected chi connectivity index (χ2v) is 9.64. The Labute approximate surface area is 193 Å². The molecule has 0 heterocycles. The van der Waals surface area contributed by atoms with Crippen molar-refractivity contribution >= 4 is 39.1 Å². The molecule has 0 saturated carbocycles. The Morgan fingerprint density at radius 1 is 1.16 bits per heavy atom. The summed E-state index contributed by atoms with van der Waals surface area (Å²) in [6.45, 7) is 3.31. The molecular weight excluding hydrogens is 457 g/mol. The van der Waals surface area contributed by atoms with Crippen LogP contribution in [-0.2, 0) is 26.2 Å². The van der Waals surface area contributed by atoms with E-state index < -0.39 is 34.3 Å². The van der Waals surface area contributed by atoms with Gasteiger partial charge in [0.25, 0.3) is 0 Å². The van der Waals surface area contributed by atoms with Crippen LogP contribution in [0.15, 0.2) is 48.5 Å². The highest BCUT2D eigenvalue weighted by Crippen LogP contribution is 2.22. The fourth-order valence-corrected chi connectivity index (χ4v) is 4.07. The standard InChI is InChI=1S/C22H27ClFN3O4S/c1-4-12-25-22(29)16(2)26(14-17-8-5-6-11-20(17)23)21(28)15-27(32(3,30)31)19-10-7-9-18(24)13-19/h5-11,13,16H,4,12,14-15H2,1-3H3,(H,25,29). The Kier molecular flexibility index (Phi) is 9.03. The molecule has 0 aromatic heterocycles. The summed E-state index contributed by atoms with van der Waals surface area (Å²) in [5.74, 6) is -1.63. The van der Waals surface area contributed by atoms with Gasteiger partial charge in [0, 0.05) is 18.1 Å². The summed E-state index contributed by atoms with van der Waals surface area (Å²) in [7, 11) is -3.91. The lowest BCUT2D eigenvalue weighted by molar-refractivity contribution is -0.139. The van der Waals surface area contributed by atoms with Crippen molar-refractivity contribution in [1.29, 1.82) is 0 Å². The first-order valence-corrected chi connectivity index (χ1v) is 12.3. The van der Waals surface area contributed by atoms with Crippen LogP contribution in [0.2, 0.25) is 5.02 Å². The number of hydrogen-bond acceptors (Lipinski definition) is 4. The molecular formula is C22H27ClFN3O4S. The zero-order valence-electron chi connectivity index (χ0n) is 18.2. The zero-order valence-corrected chi connectivity index (χ0v) is 19.8. The summed E-state index contributed by atoms with van der Waals surface area (Å²) in [4.78, 5) is 27.2. The van der Waals surface area contributed by atoms with Crippen LogP contribution < -0.4 is 9.62 Å². The first-order valence-electron chi connectivity index (χ1n) is 10.1. The molecule has 0 spiro atoms. The molecule has 1 unspecified atom stereocenters. The largest absolute Gasteiger partial charge is 0.354 e. The fourth-order valence-electron chi connectivity index (χ4n) is 3.03. The molecule has 174 valence electrons. The number of sulfonamides is 1. The molecule has 2 amide bonds. The number of nitrogens with one attached hydrogen (secondary N) is 1. The topological polar surface area (TPSA) is 86.8 Å². The number of rotatable bonds is 10. The third-order valence-corrected chi connectivity index (χ3v) is 6.30. The maximum Gasteiger partial charge on any atom is 0.244 e. The van der Waals surface area contributed by atoms with Gasteiger partial charge in [-0.25, -0.2) is 12.8 Å². The highest BCUT2D eigenvalue weighted by Gasteiger charge is 2.30. The molecule has 0 saturated heterocycles. The molecule has 1 N–H and O–H groups in total. The monoisotopic (exact) mass is 483 g/mol. The lowest BCUT2D eigenvalue weighted by Crippen LogP contribution is -2.51. The molecule has 0 aliphatic carbocycles. The van der Waals surface area contributed by atoms with Crippen molar-refractivity contribution in [2.24, 2.45) is 0 Å². The Morgan fingerprint density at radius 2 is 1.84 bits per heavy atom. The Bertz CT molecular complexity index is 1060. The Hall–Kier alpha value is -2.65. The van der Waals surface area contributed by atoms with Crippen LogP contribution in [-0.4, -0.2) is 50.5 Å². The van der Waals surface area contributed by atoms with Crippen molar-refractivity contribution in [2.45, 2.75) is 32.9 Å². The molecule has 10 heteroatoms. The van der Waals surface area contributed by atoms with E-state index in [-0.39, 0.29) is 18.1 Å². The van der Waals surface area contributed by atoms with Gasteiger partial charge in [0.2, 0.25) is 21.8 Å². The number of nitrogens with zero attached hydrogens (tertiary/aromatic N) is 2. The first kappa shape index (κ1) is 25.6. The van der Waals surface area contributed by atoms with E-state index in [1.807, 2.05) is 6.92 Å². The molecule has 2 aromatic carbocycles. The maximum absolute atomic E-state index is 13.7. The van der Waals surface area contributed by atoms with E-state index in [0.29, 0.717) is 17.1 Å². The fraction of sp³-hybridized carbons (Fsp3) is 0.364. The van der Waals surface area contributed by atoms with E-state index in [4.69, 9.17) is 11.6 Å². The minimum absolute atomic E-state index is 0.0000287. The molecule has 0 radical (unpaired) electrons. The van der Waals surface area contributed by atoms with E-state index in [1.54, 1.807) is 31.2 Å². The molecule has 7 nitrogen and oxygen atoms in total. The molecule has 0 aliphatic heterocycles. The quantitative estimate of drug-likeness (QED) is 0.562. The second kappa shape index (κ2) is 11.3. The van der Waals surface area contributed by atoms with Gasteiger partial charge in [-0.2, -0.15) is 0 Å². The van der Waals surface area contributed by atoms with Crippen molar-refractivity contribution in [3.8, 4) is 0 Å². The molecule has 0 fully saturated rings. The molecule has 1 atom stereocenters. The van der Waals surface area contributed by atoms with Crippen molar-refractivity contribution in [1.82, 2.24) is 10.2 Å². The van der Waals surface area contributed by atoms with Gasteiger partial charge >= 0.3 is 0 Å². The highest BCUT2D eigenvalue weighted by molar-refractivity contribution is 7.92. The third-order valence-electron chi connectivity index (χ3n) is 4.79. The van der Waals surface area contributed by atoms with Gasteiger partial charge in [0.15, 0.2) is 0 Å². The lowest BCUT2D eigenvalue weighted by Gasteiger charge is -2.31. The van der Waals surface area contributed by atoms with Crippen LogP contribution in [0.4, 0.5) is 10.1 Å². The van der Waals surface area contributed by atoms with Gasteiger partial charge in [-0.05, 0) is 43.2 Å². The van der Waals surface area contributed by atoms with Crippen LogP contribution in [0.25, 0.3) is 0 Å². The number of carbonyl (C=O) groups is 2. The van der Waals surface area contributed by atoms with Gasteiger partial charge < -0.3 is 10.2 Å². The number of benzene rings is 2. The van der Waals surface area contributed by atoms with Gasteiger partial charge in [-0.1, -0.05) is 42.8 Å². The number of halogens is 2. The number of amides is 2. The SMILES string of the molecule is CCCNC(=O)C(C)N(Cc1ccccc1Cl)C(=O)CN(c1cccc(F)c1)S(C)(=O)=O. The number of hydrogen-bond donors (Lipinski definition) is 1. The van der Waals surface area contributed by atoms with Crippen LogP contribution in [0.1, 0.15) is 25.8 Å². The molecule has 2 rings (SSSR count). The van der Waals surface area contributed by atoms with Crippen LogP contribution >= 0.6 is 11.6 Å². The van der Waals surface area contributed by atoms with Crippen molar-refractivity contribution in [2.75, 3.05) is 23.7 Å². The van der Waals surface area contributed by atoms with E-state index >= 15 is 0 Å². The summed E-state index contributed by atoms with van der Waals surface area (Å²) in [6.07, 6.45) is 1.65. The summed E-state index contributed by atoms with van der Waals surface area (Å²) in [5, 5.41) is 3.16. The van der Waals surface area contributed by atoms with E-state index in [9.17, 15) is 22.4 Å². The average Bonchev–Trinajstić information content (AvgIpc) is 2.73. The zero-order chi connectivity index (χ0) is 23.9. The minimum Gasteiger partial charge on any atom is -0.354 e. The number of anilines is 1. The van der Waals surface area contributed by atoms with Crippen LogP contribution in [0.5, 0.6) is 0 Å². The number of carbonyl (C=O) groups excluding carboxylic acids is 2. The summed E-state index contributed by atoms with van der Waals surface area (Å²) >= 11 is 6.25. The smallest absolute Gasteiger partial charge is 0.244 e. The summed E-state index contributed by atoms with van der Waals surface area (Å²) < 4.78 is 39.3. The third kappa shape index (κ3) is 6.93. The lowest BCUT2D eigenvalue weighted by atomic mass is 10.1. The van der Waals surface area contributed by atoms with Gasteiger partial charge in [0.05, 0.1) is 11.9 Å². The van der Waals surface area contributed by atoms with Gasteiger partial charge in [-0.3, -0.25) is 13.9 Å². The van der Waals surface area contributed by atoms with Crippen LogP contribution in [0, 0.1) is 5.82 Å². The molecule has 2 aromatic rings. The van der Waals surface area contributed by atoms with Gasteiger partial charge in [0.1, 0.15) is 18.4 Å². The normalized spacial score (nSPS) is 12.2.